The van der Waals surface area contributed by atoms with Crippen LogP contribution in [0.5, 0.6) is 0 Å². The van der Waals surface area contributed by atoms with Crippen molar-refractivity contribution in [1.82, 2.24) is 9.55 Å². The van der Waals surface area contributed by atoms with Crippen LogP contribution in [0.25, 0.3) is 0 Å². The molecule has 3 N–H and O–H groups in total. The van der Waals surface area contributed by atoms with E-state index in [0.29, 0.717) is 24.8 Å². The van der Waals surface area contributed by atoms with Gasteiger partial charge in [0, 0.05) is 25.5 Å². The van der Waals surface area contributed by atoms with Gasteiger partial charge in [0.2, 0.25) is 0 Å². The topological polar surface area (TPSA) is 72.9 Å². The normalized spacial score (nSPS) is 26.0. The van der Waals surface area contributed by atoms with Crippen molar-refractivity contribution in [2.45, 2.75) is 58.5 Å². The summed E-state index contributed by atoms with van der Waals surface area (Å²) in [6.45, 7) is 7.73. The summed E-state index contributed by atoms with van der Waals surface area (Å²) >= 11 is 0. The average Bonchev–Trinajstić information content (AvgIpc) is 2.45. The van der Waals surface area contributed by atoms with E-state index in [2.05, 4.69) is 31.1 Å². The summed E-state index contributed by atoms with van der Waals surface area (Å²) in [7, 11) is 0. The lowest BCUT2D eigenvalue weighted by Crippen LogP contribution is -2.49. The van der Waals surface area contributed by atoms with Gasteiger partial charge in [-0.15, -0.1) is 0 Å². The first-order valence-electron chi connectivity index (χ1n) is 7.99. The molecule has 1 saturated carbocycles. The summed E-state index contributed by atoms with van der Waals surface area (Å²) in [5.41, 5.74) is 5.79. The van der Waals surface area contributed by atoms with Crippen molar-refractivity contribution in [3.8, 4) is 0 Å². The van der Waals surface area contributed by atoms with Gasteiger partial charge < -0.3 is 15.6 Å². The first kappa shape index (κ1) is 16.0. The van der Waals surface area contributed by atoms with E-state index < -0.39 is 0 Å². The highest BCUT2D eigenvalue weighted by Crippen LogP contribution is 2.33. The quantitative estimate of drug-likeness (QED) is 0.873. The summed E-state index contributed by atoms with van der Waals surface area (Å²) in [6, 6.07) is 0. The fourth-order valence-electron chi connectivity index (χ4n) is 3.02. The number of nitrogens with one attached hydrogen (secondary N) is 1. The molecular formula is C16H28N4O. The molecule has 5 nitrogen and oxygen atoms in total. The van der Waals surface area contributed by atoms with Crippen LogP contribution in [-0.2, 0) is 6.54 Å². The maximum absolute atomic E-state index is 12.5. The Labute approximate surface area is 127 Å². The van der Waals surface area contributed by atoms with Crippen LogP contribution in [0, 0.1) is 11.8 Å². The Bertz CT molecular complexity index is 515. The summed E-state index contributed by atoms with van der Waals surface area (Å²) in [6.07, 6.45) is 7.76. The molecule has 0 unspecified atom stereocenters. The van der Waals surface area contributed by atoms with E-state index in [0.717, 1.165) is 31.6 Å². The fourth-order valence-corrected chi connectivity index (χ4v) is 3.02. The molecule has 1 aromatic rings. The third-order valence-electron chi connectivity index (χ3n) is 4.48. The molecule has 118 valence electrons. The van der Waals surface area contributed by atoms with E-state index in [1.807, 2.05) is 0 Å². The van der Waals surface area contributed by atoms with Gasteiger partial charge >= 0.3 is 0 Å². The lowest BCUT2D eigenvalue weighted by atomic mass is 9.77. The van der Waals surface area contributed by atoms with Crippen molar-refractivity contribution < 1.29 is 0 Å². The van der Waals surface area contributed by atoms with Gasteiger partial charge in [-0.25, -0.2) is 4.98 Å². The van der Waals surface area contributed by atoms with Crippen LogP contribution in [0.4, 0.5) is 5.82 Å². The van der Waals surface area contributed by atoms with Crippen LogP contribution >= 0.6 is 0 Å². The Morgan fingerprint density at radius 3 is 2.71 bits per heavy atom. The Kier molecular flexibility index (Phi) is 5.04. The van der Waals surface area contributed by atoms with Crippen LogP contribution in [-0.4, -0.2) is 21.6 Å². The highest BCUT2D eigenvalue weighted by molar-refractivity contribution is 5.35. The Balaban J connectivity index is 2.20. The standard InChI is InChI=1S/C16H28N4O/c1-12(2)10-20-9-8-18-14(15(20)21)19-16(11-17)6-4-13(3)5-7-16/h8-9,12-13H,4-7,10-11,17H2,1-3H3,(H,18,19). The summed E-state index contributed by atoms with van der Waals surface area (Å²) in [5, 5.41) is 3.38. The number of nitrogens with two attached hydrogens (primary N) is 1. The van der Waals surface area contributed by atoms with Crippen LogP contribution in [0.15, 0.2) is 17.2 Å². The SMILES string of the molecule is CC(C)Cn1ccnc(NC2(CN)CCC(C)CC2)c1=O. The van der Waals surface area contributed by atoms with Crippen molar-refractivity contribution in [2.75, 3.05) is 11.9 Å². The summed E-state index contributed by atoms with van der Waals surface area (Å²) < 4.78 is 1.73. The van der Waals surface area contributed by atoms with Crippen molar-refractivity contribution >= 4 is 5.82 Å². The highest BCUT2D eigenvalue weighted by atomic mass is 16.1. The second-order valence-electron chi connectivity index (χ2n) is 6.92. The van der Waals surface area contributed by atoms with E-state index in [1.165, 1.54) is 0 Å². The molecule has 0 spiro atoms. The van der Waals surface area contributed by atoms with E-state index in [4.69, 9.17) is 5.73 Å². The lowest BCUT2D eigenvalue weighted by Gasteiger charge is -2.39. The molecule has 0 saturated heterocycles. The van der Waals surface area contributed by atoms with Crippen molar-refractivity contribution in [3.63, 3.8) is 0 Å². The van der Waals surface area contributed by atoms with Gasteiger partial charge in [-0.2, -0.15) is 0 Å². The van der Waals surface area contributed by atoms with Crippen LogP contribution in [0.1, 0.15) is 46.5 Å². The predicted molar refractivity (Wildman–Crippen MR) is 86.4 cm³/mol. The van der Waals surface area contributed by atoms with Gasteiger partial charge in [-0.3, -0.25) is 4.79 Å². The number of hydrogen-bond donors (Lipinski definition) is 2. The average molecular weight is 292 g/mol. The van der Waals surface area contributed by atoms with Gasteiger partial charge in [-0.1, -0.05) is 20.8 Å². The molecule has 1 fully saturated rings. The van der Waals surface area contributed by atoms with Gasteiger partial charge in [-0.05, 0) is 37.5 Å². The predicted octanol–water partition coefficient (Wildman–Crippen LogP) is 2.22. The highest BCUT2D eigenvalue weighted by Gasteiger charge is 2.33. The van der Waals surface area contributed by atoms with Crippen LogP contribution in [0.3, 0.4) is 0 Å². The zero-order valence-corrected chi connectivity index (χ0v) is 13.4. The molecule has 5 heteroatoms. The monoisotopic (exact) mass is 292 g/mol. The molecule has 1 heterocycles. The second kappa shape index (κ2) is 6.60. The molecule has 1 aliphatic rings. The van der Waals surface area contributed by atoms with Crippen molar-refractivity contribution in [2.24, 2.45) is 17.6 Å². The van der Waals surface area contributed by atoms with E-state index >= 15 is 0 Å². The Morgan fingerprint density at radius 1 is 1.48 bits per heavy atom. The molecule has 0 radical (unpaired) electrons. The van der Waals surface area contributed by atoms with Gasteiger partial charge in [0.05, 0.1) is 5.54 Å². The smallest absolute Gasteiger partial charge is 0.293 e. The number of nitrogens with zero attached hydrogens (tertiary/aromatic N) is 2. The Hall–Kier alpha value is -1.36. The third kappa shape index (κ3) is 3.84. The van der Waals surface area contributed by atoms with Crippen molar-refractivity contribution in [1.29, 1.82) is 0 Å². The van der Waals surface area contributed by atoms with Gasteiger partial charge in [0.1, 0.15) is 0 Å². The molecule has 0 aliphatic heterocycles. The van der Waals surface area contributed by atoms with Gasteiger partial charge in [0.15, 0.2) is 5.82 Å². The van der Waals surface area contributed by atoms with Crippen molar-refractivity contribution in [3.05, 3.63) is 22.7 Å². The number of rotatable bonds is 5. The minimum absolute atomic E-state index is 0.0438. The molecule has 0 atom stereocenters. The van der Waals surface area contributed by atoms with Gasteiger partial charge in [0.25, 0.3) is 5.56 Å². The zero-order chi connectivity index (χ0) is 15.5. The molecule has 1 aliphatic carbocycles. The van der Waals surface area contributed by atoms with E-state index in [9.17, 15) is 4.79 Å². The first-order valence-corrected chi connectivity index (χ1v) is 7.99. The number of aromatic nitrogens is 2. The zero-order valence-electron chi connectivity index (χ0n) is 13.4. The minimum Gasteiger partial charge on any atom is -0.359 e. The Morgan fingerprint density at radius 2 is 2.14 bits per heavy atom. The van der Waals surface area contributed by atoms with Crippen LogP contribution in [0.2, 0.25) is 0 Å². The fraction of sp³-hybridized carbons (Fsp3) is 0.750. The number of anilines is 1. The number of hydrogen-bond acceptors (Lipinski definition) is 4. The molecule has 0 amide bonds. The largest absolute Gasteiger partial charge is 0.359 e. The summed E-state index contributed by atoms with van der Waals surface area (Å²) in [4.78, 5) is 16.8. The maximum atomic E-state index is 12.5. The van der Waals surface area contributed by atoms with E-state index in [-0.39, 0.29) is 11.1 Å². The molecule has 1 aromatic heterocycles. The molecule has 21 heavy (non-hydrogen) atoms. The molecule has 0 aromatic carbocycles. The first-order chi connectivity index (χ1) is 9.96. The maximum Gasteiger partial charge on any atom is 0.293 e. The molecular weight excluding hydrogens is 264 g/mol. The van der Waals surface area contributed by atoms with E-state index in [1.54, 1.807) is 17.0 Å². The van der Waals surface area contributed by atoms with Crippen LogP contribution < -0.4 is 16.6 Å². The third-order valence-corrected chi connectivity index (χ3v) is 4.48. The molecule has 0 bridgehead atoms. The molecule has 2 rings (SSSR count). The lowest BCUT2D eigenvalue weighted by molar-refractivity contribution is 0.271. The summed E-state index contributed by atoms with van der Waals surface area (Å²) in [5.74, 6) is 1.61. The minimum atomic E-state index is -0.171. The second-order valence-corrected chi connectivity index (χ2v) is 6.92.